The number of anilines is 1. The molecule has 1 saturated heterocycles. The largest absolute Gasteiger partial charge is 0.493 e. The van der Waals surface area contributed by atoms with Crippen LogP contribution in [0.4, 0.5) is 5.69 Å². The van der Waals surface area contributed by atoms with Crippen molar-refractivity contribution in [3.8, 4) is 5.75 Å². The lowest BCUT2D eigenvalue weighted by Gasteiger charge is -2.38. The zero-order chi connectivity index (χ0) is 20.3. The fourth-order valence-corrected chi connectivity index (χ4v) is 4.47. The normalized spacial score (nSPS) is 18.8. The quantitative estimate of drug-likeness (QED) is 0.461. The number of rotatable bonds is 6. The second kappa shape index (κ2) is 9.02. The highest BCUT2D eigenvalue weighted by atomic mass is 127. The van der Waals surface area contributed by atoms with Crippen molar-refractivity contribution < 1.29 is 14.6 Å². The molecule has 0 spiro atoms. The van der Waals surface area contributed by atoms with Crippen LogP contribution in [0.15, 0.2) is 42.5 Å². The Labute approximate surface area is 185 Å². The number of aliphatic hydroxyl groups is 1. The molecule has 2 aliphatic rings. The summed E-state index contributed by atoms with van der Waals surface area (Å²) in [6.07, 6.45) is 3.82. The third-order valence-electron chi connectivity index (χ3n) is 5.93. The first-order chi connectivity index (χ1) is 14.0. The first-order valence-corrected chi connectivity index (χ1v) is 11.4. The number of benzene rings is 2. The van der Waals surface area contributed by atoms with Crippen molar-refractivity contribution in [3.63, 3.8) is 0 Å². The van der Waals surface area contributed by atoms with Gasteiger partial charge in [-0.25, -0.2) is 0 Å². The number of carbonyl (C=O) groups is 1. The van der Waals surface area contributed by atoms with Crippen molar-refractivity contribution in [3.05, 3.63) is 57.2 Å². The molecule has 1 amide bonds. The monoisotopic (exact) mass is 506 g/mol. The fourth-order valence-electron chi connectivity index (χ4n) is 4.11. The van der Waals surface area contributed by atoms with E-state index in [1.165, 1.54) is 9.13 Å². The molecule has 4 rings (SSSR count). The van der Waals surface area contributed by atoms with E-state index in [-0.39, 0.29) is 5.91 Å². The number of nitrogens with one attached hydrogen (secondary N) is 1. The van der Waals surface area contributed by atoms with Crippen LogP contribution >= 0.6 is 22.6 Å². The summed E-state index contributed by atoms with van der Waals surface area (Å²) in [5, 5.41) is 13.9. The molecular formula is C23H27IN2O3. The van der Waals surface area contributed by atoms with Gasteiger partial charge in [-0.1, -0.05) is 18.2 Å². The lowest BCUT2D eigenvalue weighted by Crippen LogP contribution is -2.43. The Bertz CT molecular complexity index is 861. The summed E-state index contributed by atoms with van der Waals surface area (Å²) in [7, 11) is 0. The molecule has 1 fully saturated rings. The summed E-state index contributed by atoms with van der Waals surface area (Å²) in [6.45, 7) is 3.40. The molecule has 6 heteroatoms. The number of hydrogen-bond acceptors (Lipinski definition) is 4. The van der Waals surface area contributed by atoms with Crippen molar-refractivity contribution in [2.24, 2.45) is 0 Å². The molecule has 0 radical (unpaired) electrons. The van der Waals surface area contributed by atoms with Crippen LogP contribution in [0, 0.1) is 3.57 Å². The highest BCUT2D eigenvalue weighted by molar-refractivity contribution is 14.1. The molecule has 2 aliphatic heterocycles. The molecule has 2 aromatic rings. The van der Waals surface area contributed by atoms with Crippen LogP contribution in [0.3, 0.4) is 0 Å². The van der Waals surface area contributed by atoms with E-state index >= 15 is 0 Å². The predicted molar refractivity (Wildman–Crippen MR) is 122 cm³/mol. The zero-order valence-corrected chi connectivity index (χ0v) is 18.7. The van der Waals surface area contributed by atoms with Gasteiger partial charge in [-0.05, 0) is 77.6 Å². The summed E-state index contributed by atoms with van der Waals surface area (Å²) < 4.78 is 7.08. The van der Waals surface area contributed by atoms with Crippen LogP contribution in [0.2, 0.25) is 0 Å². The Morgan fingerprint density at radius 1 is 1.10 bits per heavy atom. The van der Waals surface area contributed by atoms with Gasteiger partial charge in [0.1, 0.15) is 5.75 Å². The molecule has 0 aliphatic carbocycles. The van der Waals surface area contributed by atoms with E-state index in [2.05, 4.69) is 44.9 Å². The average molecular weight is 506 g/mol. The predicted octanol–water partition coefficient (Wildman–Crippen LogP) is 3.93. The first-order valence-electron chi connectivity index (χ1n) is 10.3. The average Bonchev–Trinajstić information content (AvgIpc) is 2.72. The maximum absolute atomic E-state index is 11.5. The van der Waals surface area contributed by atoms with Gasteiger partial charge < -0.3 is 20.1 Å². The minimum Gasteiger partial charge on any atom is -0.493 e. The smallest absolute Gasteiger partial charge is 0.224 e. The molecule has 154 valence electrons. The van der Waals surface area contributed by atoms with Crippen molar-refractivity contribution >= 4 is 34.2 Å². The summed E-state index contributed by atoms with van der Waals surface area (Å²) >= 11 is 2.29. The molecule has 2 heterocycles. The van der Waals surface area contributed by atoms with Gasteiger partial charge in [-0.15, -0.1) is 0 Å². The molecule has 0 saturated carbocycles. The number of amides is 1. The van der Waals surface area contributed by atoms with Gasteiger partial charge in [0, 0.05) is 41.4 Å². The van der Waals surface area contributed by atoms with E-state index in [9.17, 15) is 9.90 Å². The number of aryl methyl sites for hydroxylation is 1. The van der Waals surface area contributed by atoms with Crippen molar-refractivity contribution in [1.82, 2.24) is 4.90 Å². The summed E-state index contributed by atoms with van der Waals surface area (Å²) in [5.74, 6) is 0.877. The van der Waals surface area contributed by atoms with Gasteiger partial charge in [0.2, 0.25) is 5.91 Å². The van der Waals surface area contributed by atoms with Crippen LogP contribution in [0.5, 0.6) is 5.75 Å². The van der Waals surface area contributed by atoms with Crippen molar-refractivity contribution in [1.29, 1.82) is 0 Å². The van der Waals surface area contributed by atoms with Crippen LogP contribution in [0.1, 0.15) is 36.8 Å². The number of halogens is 1. The Kier molecular flexibility index (Phi) is 6.41. The molecule has 0 aromatic heterocycles. The third-order valence-corrected chi connectivity index (χ3v) is 6.65. The van der Waals surface area contributed by atoms with E-state index in [1.54, 1.807) is 0 Å². The number of fused-ring (bicyclic) bond motifs is 1. The van der Waals surface area contributed by atoms with Crippen LogP contribution in [-0.2, 0) is 16.8 Å². The Balaban J connectivity index is 1.21. The topological polar surface area (TPSA) is 61.8 Å². The Morgan fingerprint density at radius 2 is 1.86 bits per heavy atom. The molecule has 2 N–H and O–H groups in total. The Morgan fingerprint density at radius 3 is 2.62 bits per heavy atom. The number of ether oxygens (including phenoxy) is 1. The Hall–Kier alpha value is -1.64. The molecule has 29 heavy (non-hydrogen) atoms. The van der Waals surface area contributed by atoms with E-state index < -0.39 is 5.60 Å². The molecule has 0 bridgehead atoms. The second-order valence-electron chi connectivity index (χ2n) is 7.95. The summed E-state index contributed by atoms with van der Waals surface area (Å²) in [5.41, 5.74) is 2.38. The fraction of sp³-hybridized carbons (Fsp3) is 0.435. The maximum Gasteiger partial charge on any atom is 0.224 e. The van der Waals surface area contributed by atoms with Crippen LogP contribution in [0.25, 0.3) is 0 Å². The number of nitrogens with zero attached hydrogens (tertiary/aromatic N) is 1. The van der Waals surface area contributed by atoms with Gasteiger partial charge in [-0.3, -0.25) is 4.79 Å². The van der Waals surface area contributed by atoms with E-state index in [0.29, 0.717) is 13.0 Å². The number of carbonyl (C=O) groups excluding carboxylic acids is 1. The zero-order valence-electron chi connectivity index (χ0n) is 16.5. The van der Waals surface area contributed by atoms with Crippen LogP contribution < -0.4 is 10.1 Å². The summed E-state index contributed by atoms with van der Waals surface area (Å²) in [4.78, 5) is 13.9. The van der Waals surface area contributed by atoms with Gasteiger partial charge >= 0.3 is 0 Å². The highest BCUT2D eigenvalue weighted by Crippen LogP contribution is 2.33. The van der Waals surface area contributed by atoms with Crippen molar-refractivity contribution in [2.75, 3.05) is 31.6 Å². The number of likely N-dealkylation sites (tertiary alicyclic amines) is 1. The van der Waals surface area contributed by atoms with Gasteiger partial charge in [-0.2, -0.15) is 0 Å². The minimum absolute atomic E-state index is 0.0740. The highest BCUT2D eigenvalue weighted by Gasteiger charge is 2.33. The van der Waals surface area contributed by atoms with E-state index in [1.807, 2.05) is 30.3 Å². The number of hydrogen-bond donors (Lipinski definition) is 2. The molecule has 2 aromatic carbocycles. The molecular weight excluding hydrogens is 479 g/mol. The van der Waals surface area contributed by atoms with E-state index in [4.69, 9.17) is 4.74 Å². The molecule has 0 atom stereocenters. The lowest BCUT2D eigenvalue weighted by atomic mass is 9.84. The SMILES string of the molecule is O=C1CCc2ccc(OCCCN3CCC(O)(c4ccc(I)cc4)CC3)cc2N1. The standard InChI is InChI=1S/C23H27IN2O3/c24-19-6-4-18(5-7-19)23(28)10-13-26(14-11-23)12-1-15-29-20-8-2-17-3-9-22(27)25-21(17)16-20/h2,4-8,16,28H,1,3,9-15H2,(H,25,27). The molecule has 5 nitrogen and oxygen atoms in total. The second-order valence-corrected chi connectivity index (χ2v) is 9.19. The minimum atomic E-state index is -0.703. The van der Waals surface area contributed by atoms with Crippen molar-refractivity contribution in [2.45, 2.75) is 37.7 Å². The van der Waals surface area contributed by atoms with Gasteiger partial charge in [0.15, 0.2) is 0 Å². The third kappa shape index (κ3) is 5.10. The maximum atomic E-state index is 11.5. The molecule has 0 unspecified atom stereocenters. The van der Waals surface area contributed by atoms with E-state index in [0.717, 1.165) is 62.3 Å². The lowest BCUT2D eigenvalue weighted by molar-refractivity contribution is -0.116. The first kappa shape index (κ1) is 20.6. The van der Waals surface area contributed by atoms with Gasteiger partial charge in [0.25, 0.3) is 0 Å². The van der Waals surface area contributed by atoms with Gasteiger partial charge in [0.05, 0.1) is 12.2 Å². The number of piperidine rings is 1. The summed E-state index contributed by atoms with van der Waals surface area (Å²) in [6, 6.07) is 14.2. The van der Waals surface area contributed by atoms with Crippen LogP contribution in [-0.4, -0.2) is 42.2 Å².